The van der Waals surface area contributed by atoms with E-state index in [1.165, 1.54) is 4.90 Å². The van der Waals surface area contributed by atoms with Gasteiger partial charge in [0, 0.05) is 13.1 Å². The lowest BCUT2D eigenvalue weighted by atomic mass is 9.85. The normalized spacial score (nSPS) is 19.6. The molecule has 1 fully saturated rings. The highest BCUT2D eigenvalue weighted by atomic mass is 19.4. The zero-order valence-electron chi connectivity index (χ0n) is 12.3. The molecule has 0 bridgehead atoms. The van der Waals surface area contributed by atoms with Crippen LogP contribution in [0.1, 0.15) is 39.5 Å². The Morgan fingerprint density at radius 3 is 2.26 bits per heavy atom. The Morgan fingerprint density at radius 1 is 1.21 bits per heavy atom. The number of alkyl halides is 3. The van der Waals surface area contributed by atoms with Gasteiger partial charge in [0.25, 0.3) is 0 Å². The van der Waals surface area contributed by atoms with Crippen LogP contribution in [0.25, 0.3) is 0 Å². The van der Waals surface area contributed by atoms with Crippen molar-refractivity contribution in [2.45, 2.75) is 45.7 Å². The van der Waals surface area contributed by atoms with Crippen molar-refractivity contribution in [3.63, 3.8) is 0 Å². The van der Waals surface area contributed by atoms with Crippen LogP contribution in [0.2, 0.25) is 0 Å². The van der Waals surface area contributed by atoms with Crippen molar-refractivity contribution in [2.75, 3.05) is 33.2 Å². The largest absolute Gasteiger partial charge is 0.401 e. The zero-order valence-corrected chi connectivity index (χ0v) is 12.3. The average Bonchev–Trinajstić information content (AvgIpc) is 2.62. The smallest absolute Gasteiger partial charge is 0.316 e. The first kappa shape index (κ1) is 16.8. The Kier molecular flexibility index (Phi) is 6.12. The molecule has 0 saturated heterocycles. The summed E-state index contributed by atoms with van der Waals surface area (Å²) in [6, 6.07) is 0. The van der Waals surface area contributed by atoms with E-state index >= 15 is 0 Å². The van der Waals surface area contributed by atoms with Gasteiger partial charge in [-0.05, 0) is 37.8 Å². The molecule has 5 heteroatoms. The molecule has 1 N–H and O–H groups in total. The maximum Gasteiger partial charge on any atom is 0.401 e. The Bertz CT molecular complexity index is 258. The van der Waals surface area contributed by atoms with Crippen LogP contribution in [0.4, 0.5) is 13.2 Å². The zero-order chi connectivity index (χ0) is 14.5. The van der Waals surface area contributed by atoms with Crippen molar-refractivity contribution in [3.05, 3.63) is 0 Å². The van der Waals surface area contributed by atoms with Crippen LogP contribution in [0, 0.1) is 11.3 Å². The summed E-state index contributed by atoms with van der Waals surface area (Å²) >= 11 is 0. The molecule has 0 heterocycles. The maximum absolute atomic E-state index is 12.4. The van der Waals surface area contributed by atoms with Crippen molar-refractivity contribution in [2.24, 2.45) is 11.3 Å². The molecule has 0 unspecified atom stereocenters. The van der Waals surface area contributed by atoms with E-state index < -0.39 is 12.7 Å². The van der Waals surface area contributed by atoms with Gasteiger partial charge >= 0.3 is 6.18 Å². The fourth-order valence-corrected chi connectivity index (χ4v) is 3.08. The van der Waals surface area contributed by atoms with Crippen molar-refractivity contribution < 1.29 is 13.2 Å². The second kappa shape index (κ2) is 6.93. The maximum atomic E-state index is 12.4. The summed E-state index contributed by atoms with van der Waals surface area (Å²) in [6.45, 7) is 5.79. The van der Waals surface area contributed by atoms with E-state index in [0.717, 1.165) is 38.8 Å². The molecule has 1 saturated carbocycles. The van der Waals surface area contributed by atoms with Crippen LogP contribution in [0.15, 0.2) is 0 Å². The minimum atomic E-state index is -4.10. The predicted molar refractivity (Wildman–Crippen MR) is 72.2 cm³/mol. The number of nitrogens with zero attached hydrogens (tertiary/aromatic N) is 1. The molecule has 0 spiro atoms. The van der Waals surface area contributed by atoms with E-state index in [1.54, 1.807) is 7.05 Å². The summed E-state index contributed by atoms with van der Waals surface area (Å²) in [7, 11) is 1.58. The minimum absolute atomic E-state index is 0.0366. The number of nitrogens with one attached hydrogen (secondary N) is 1. The monoisotopic (exact) mass is 280 g/mol. The van der Waals surface area contributed by atoms with Crippen LogP contribution in [0.5, 0.6) is 0 Å². The molecule has 0 atom stereocenters. The van der Waals surface area contributed by atoms with Crippen LogP contribution >= 0.6 is 0 Å². The fourth-order valence-electron chi connectivity index (χ4n) is 3.08. The van der Waals surface area contributed by atoms with Crippen molar-refractivity contribution in [1.82, 2.24) is 10.2 Å². The molecule has 2 nitrogen and oxygen atoms in total. The van der Waals surface area contributed by atoms with Crippen molar-refractivity contribution >= 4 is 0 Å². The van der Waals surface area contributed by atoms with Crippen LogP contribution in [0.3, 0.4) is 0 Å². The third kappa shape index (κ3) is 6.61. The molecule has 0 aromatic heterocycles. The van der Waals surface area contributed by atoms with E-state index in [0.29, 0.717) is 12.5 Å². The van der Waals surface area contributed by atoms with Gasteiger partial charge in [-0.3, -0.25) is 4.90 Å². The second-order valence-electron chi connectivity index (χ2n) is 6.52. The lowest BCUT2D eigenvalue weighted by Gasteiger charge is -2.34. The molecule has 0 amide bonds. The second-order valence-corrected chi connectivity index (χ2v) is 6.52. The standard InChI is InChI=1S/C14H27F3N2/c1-12(2)8-18-9-13(6-4-5-7-13)10-19(3)11-14(15,16)17/h12,18H,4-11H2,1-3H3. The molecular formula is C14H27F3N2. The Morgan fingerprint density at radius 2 is 1.79 bits per heavy atom. The molecule has 1 rings (SSSR count). The minimum Gasteiger partial charge on any atom is -0.316 e. The SMILES string of the molecule is CC(C)CNCC1(CN(C)CC(F)(F)F)CCCC1. The summed E-state index contributed by atoms with van der Waals surface area (Å²) in [6.07, 6.45) is 0.271. The molecule has 114 valence electrons. The first-order valence-corrected chi connectivity index (χ1v) is 7.18. The molecule has 0 aliphatic heterocycles. The predicted octanol–water partition coefficient (Wildman–Crippen LogP) is 3.29. The highest BCUT2D eigenvalue weighted by Crippen LogP contribution is 2.38. The summed E-state index contributed by atoms with van der Waals surface area (Å²) in [4.78, 5) is 1.43. The fraction of sp³-hybridized carbons (Fsp3) is 1.00. The van der Waals surface area contributed by atoms with Gasteiger partial charge in [0.1, 0.15) is 0 Å². The van der Waals surface area contributed by atoms with Crippen molar-refractivity contribution in [3.8, 4) is 0 Å². The number of hydrogen-bond acceptors (Lipinski definition) is 2. The number of rotatable bonds is 7. The van der Waals surface area contributed by atoms with Gasteiger partial charge in [-0.2, -0.15) is 13.2 Å². The van der Waals surface area contributed by atoms with Gasteiger partial charge in [-0.15, -0.1) is 0 Å². The van der Waals surface area contributed by atoms with Gasteiger partial charge in [-0.1, -0.05) is 26.7 Å². The van der Waals surface area contributed by atoms with Gasteiger partial charge in [0.05, 0.1) is 6.54 Å². The molecular weight excluding hydrogens is 253 g/mol. The van der Waals surface area contributed by atoms with E-state index in [2.05, 4.69) is 19.2 Å². The third-order valence-electron chi connectivity index (χ3n) is 3.77. The van der Waals surface area contributed by atoms with E-state index in [9.17, 15) is 13.2 Å². The van der Waals surface area contributed by atoms with Crippen LogP contribution in [-0.2, 0) is 0 Å². The summed E-state index contributed by atoms with van der Waals surface area (Å²) in [5.74, 6) is 0.575. The van der Waals surface area contributed by atoms with E-state index in [4.69, 9.17) is 0 Å². The lowest BCUT2D eigenvalue weighted by Crippen LogP contribution is -2.44. The topological polar surface area (TPSA) is 15.3 Å². The summed E-state index contributed by atoms with van der Waals surface area (Å²) in [5, 5.41) is 3.43. The van der Waals surface area contributed by atoms with Crippen molar-refractivity contribution in [1.29, 1.82) is 0 Å². The Balaban J connectivity index is 2.47. The molecule has 1 aliphatic rings. The Hall–Kier alpha value is -0.290. The quantitative estimate of drug-likeness (QED) is 0.770. The van der Waals surface area contributed by atoms with Gasteiger partial charge < -0.3 is 5.32 Å². The third-order valence-corrected chi connectivity index (χ3v) is 3.77. The van der Waals surface area contributed by atoms with E-state index in [1.807, 2.05) is 0 Å². The summed E-state index contributed by atoms with van der Waals surface area (Å²) in [5.41, 5.74) is 0.0366. The molecule has 0 aromatic carbocycles. The highest BCUT2D eigenvalue weighted by molar-refractivity contribution is 4.89. The lowest BCUT2D eigenvalue weighted by molar-refractivity contribution is -0.145. The molecule has 19 heavy (non-hydrogen) atoms. The van der Waals surface area contributed by atoms with Gasteiger partial charge in [0.15, 0.2) is 0 Å². The van der Waals surface area contributed by atoms with Gasteiger partial charge in [0.2, 0.25) is 0 Å². The summed E-state index contributed by atoms with van der Waals surface area (Å²) < 4.78 is 37.2. The van der Waals surface area contributed by atoms with Crippen LogP contribution < -0.4 is 5.32 Å². The average molecular weight is 280 g/mol. The van der Waals surface area contributed by atoms with E-state index in [-0.39, 0.29) is 5.41 Å². The number of halogens is 3. The van der Waals surface area contributed by atoms with Gasteiger partial charge in [-0.25, -0.2) is 0 Å². The molecule has 1 aliphatic carbocycles. The molecule has 0 aromatic rings. The van der Waals surface area contributed by atoms with Crippen LogP contribution in [-0.4, -0.2) is 44.3 Å². The first-order valence-electron chi connectivity index (χ1n) is 7.18. The Labute approximate surface area is 114 Å². The number of hydrogen-bond donors (Lipinski definition) is 1. The first-order chi connectivity index (χ1) is 8.72. The highest BCUT2D eigenvalue weighted by Gasteiger charge is 2.37. The molecule has 0 radical (unpaired) electrons.